The number of ketones is 1. The first kappa shape index (κ1) is 18.5. The zero-order valence-electron chi connectivity index (χ0n) is 17.1. The van der Waals surface area contributed by atoms with Gasteiger partial charge in [0.1, 0.15) is 11.4 Å². The van der Waals surface area contributed by atoms with Crippen LogP contribution in [0.5, 0.6) is 0 Å². The van der Waals surface area contributed by atoms with Gasteiger partial charge >= 0.3 is 5.97 Å². The normalized spacial score (nSPS) is 50.5. The van der Waals surface area contributed by atoms with Crippen LogP contribution in [0.15, 0.2) is 0 Å². The highest BCUT2D eigenvalue weighted by Gasteiger charge is 2.61. The minimum atomic E-state index is -0.227. The Kier molecular flexibility index (Phi) is 4.32. The zero-order valence-corrected chi connectivity index (χ0v) is 17.1. The molecule has 26 heavy (non-hydrogen) atoms. The third-order valence-corrected chi connectivity index (χ3v) is 9.52. The van der Waals surface area contributed by atoms with Crippen molar-refractivity contribution in [3.63, 3.8) is 0 Å². The molecule has 4 aliphatic rings. The van der Waals surface area contributed by atoms with Gasteiger partial charge in [-0.25, -0.2) is 0 Å². The van der Waals surface area contributed by atoms with E-state index in [1.807, 2.05) is 0 Å². The molecule has 0 spiro atoms. The van der Waals surface area contributed by atoms with Crippen LogP contribution in [0, 0.1) is 34.5 Å². The number of hydrogen-bond acceptors (Lipinski definition) is 3. The van der Waals surface area contributed by atoms with Crippen molar-refractivity contribution in [2.45, 2.75) is 97.5 Å². The van der Waals surface area contributed by atoms with Crippen LogP contribution in [0.25, 0.3) is 0 Å². The van der Waals surface area contributed by atoms with E-state index in [1.165, 1.54) is 25.7 Å². The second-order valence-electron chi connectivity index (χ2n) is 10.4. The lowest BCUT2D eigenvalue weighted by atomic mass is 9.44. The molecule has 0 radical (unpaired) electrons. The number of ether oxygens (including phenoxy) is 1. The summed E-state index contributed by atoms with van der Waals surface area (Å²) in [5, 5.41) is 0. The van der Waals surface area contributed by atoms with Crippen LogP contribution in [-0.2, 0) is 14.3 Å². The standard InChI is InChI=1S/C23H36O3/c1-5-23(26-15(2)24)13-12-21(3)16(14-23)6-7-17-18-8-9-20(25)22(18,4)11-10-19(17)21/h16-19H,5-14H2,1-4H3/t16-,17-,18-,19+,21-,22-,23+/m0/s1. The predicted octanol–water partition coefficient (Wildman–Crippen LogP) is 5.31. The summed E-state index contributed by atoms with van der Waals surface area (Å²) < 4.78 is 5.87. The van der Waals surface area contributed by atoms with Crippen LogP contribution in [0.1, 0.15) is 91.9 Å². The molecule has 0 unspecified atom stereocenters. The Balaban J connectivity index is 1.58. The highest BCUT2D eigenvalue weighted by atomic mass is 16.6. The second-order valence-corrected chi connectivity index (χ2v) is 10.4. The molecule has 3 heteroatoms. The topological polar surface area (TPSA) is 43.4 Å². The Bertz CT molecular complexity index is 613. The minimum Gasteiger partial charge on any atom is -0.459 e. The Morgan fingerprint density at radius 2 is 1.85 bits per heavy atom. The summed E-state index contributed by atoms with van der Waals surface area (Å²) in [7, 11) is 0. The predicted molar refractivity (Wildman–Crippen MR) is 102 cm³/mol. The molecule has 0 saturated heterocycles. The number of rotatable bonds is 2. The van der Waals surface area contributed by atoms with E-state index < -0.39 is 0 Å². The van der Waals surface area contributed by atoms with Gasteiger partial charge in [-0.1, -0.05) is 20.8 Å². The summed E-state index contributed by atoms with van der Waals surface area (Å²) in [5.41, 5.74) is 0.119. The smallest absolute Gasteiger partial charge is 0.303 e. The van der Waals surface area contributed by atoms with E-state index >= 15 is 0 Å². The van der Waals surface area contributed by atoms with Gasteiger partial charge in [0.2, 0.25) is 0 Å². The maximum absolute atomic E-state index is 12.5. The van der Waals surface area contributed by atoms with E-state index in [0.717, 1.165) is 50.4 Å². The third-order valence-electron chi connectivity index (χ3n) is 9.52. The monoisotopic (exact) mass is 360 g/mol. The molecule has 0 aliphatic heterocycles. The van der Waals surface area contributed by atoms with Crippen LogP contribution >= 0.6 is 0 Å². The number of hydrogen-bond donors (Lipinski definition) is 0. The molecule has 3 nitrogen and oxygen atoms in total. The molecule has 0 aromatic carbocycles. The van der Waals surface area contributed by atoms with Crippen molar-refractivity contribution in [2.75, 3.05) is 0 Å². The summed E-state index contributed by atoms with van der Waals surface area (Å²) in [6.45, 7) is 8.52. The number of carbonyl (C=O) groups is 2. The van der Waals surface area contributed by atoms with E-state index in [0.29, 0.717) is 23.0 Å². The summed E-state index contributed by atoms with van der Waals surface area (Å²) in [6.07, 6.45) is 11.0. The van der Waals surface area contributed by atoms with Gasteiger partial charge in [0.05, 0.1) is 0 Å². The molecule has 4 aliphatic carbocycles. The fourth-order valence-corrected chi connectivity index (χ4v) is 7.87. The van der Waals surface area contributed by atoms with Crippen molar-refractivity contribution in [3.8, 4) is 0 Å². The number of Topliss-reactive ketones (excluding diaryl/α,β-unsaturated/α-hetero) is 1. The zero-order chi connectivity index (χ0) is 18.7. The maximum atomic E-state index is 12.5. The van der Waals surface area contributed by atoms with Crippen LogP contribution < -0.4 is 0 Å². The van der Waals surface area contributed by atoms with E-state index in [-0.39, 0.29) is 17.0 Å². The van der Waals surface area contributed by atoms with Crippen molar-refractivity contribution in [1.29, 1.82) is 0 Å². The van der Waals surface area contributed by atoms with Crippen molar-refractivity contribution in [1.82, 2.24) is 0 Å². The fourth-order valence-electron chi connectivity index (χ4n) is 7.87. The summed E-state index contributed by atoms with van der Waals surface area (Å²) in [4.78, 5) is 24.2. The third kappa shape index (κ3) is 2.52. The molecule has 146 valence electrons. The van der Waals surface area contributed by atoms with Gasteiger partial charge in [0, 0.05) is 18.8 Å². The molecule has 4 fully saturated rings. The lowest BCUT2D eigenvalue weighted by Gasteiger charge is -2.61. The molecule has 4 rings (SSSR count). The van der Waals surface area contributed by atoms with E-state index in [9.17, 15) is 9.59 Å². The van der Waals surface area contributed by atoms with E-state index in [1.54, 1.807) is 6.92 Å². The molecule has 0 bridgehead atoms. The Labute approximate surface area is 158 Å². The quantitative estimate of drug-likeness (QED) is 0.627. The van der Waals surface area contributed by atoms with Gasteiger partial charge in [-0.05, 0) is 86.9 Å². The summed E-state index contributed by atoms with van der Waals surface area (Å²) >= 11 is 0. The summed E-state index contributed by atoms with van der Waals surface area (Å²) in [5.74, 6) is 3.21. The van der Waals surface area contributed by atoms with Gasteiger partial charge in [0.25, 0.3) is 0 Å². The van der Waals surface area contributed by atoms with Gasteiger partial charge in [-0.2, -0.15) is 0 Å². The Morgan fingerprint density at radius 1 is 1.08 bits per heavy atom. The van der Waals surface area contributed by atoms with Crippen LogP contribution in [-0.4, -0.2) is 17.4 Å². The molecular weight excluding hydrogens is 324 g/mol. The van der Waals surface area contributed by atoms with Gasteiger partial charge in [-0.15, -0.1) is 0 Å². The molecule has 0 amide bonds. The van der Waals surface area contributed by atoms with Crippen molar-refractivity contribution >= 4 is 11.8 Å². The minimum absolute atomic E-state index is 0.0239. The first-order valence-electron chi connectivity index (χ1n) is 11.0. The first-order valence-corrected chi connectivity index (χ1v) is 11.0. The highest BCUT2D eigenvalue weighted by molar-refractivity contribution is 5.87. The first-order chi connectivity index (χ1) is 12.2. The largest absolute Gasteiger partial charge is 0.459 e. The van der Waals surface area contributed by atoms with Gasteiger partial charge in [-0.3, -0.25) is 9.59 Å². The highest BCUT2D eigenvalue weighted by Crippen LogP contribution is 2.66. The second kappa shape index (κ2) is 6.07. The number of esters is 1. The maximum Gasteiger partial charge on any atom is 0.303 e. The van der Waals surface area contributed by atoms with Crippen molar-refractivity contribution in [2.24, 2.45) is 34.5 Å². The molecule has 4 saturated carbocycles. The molecule has 0 heterocycles. The molecule has 0 N–H and O–H groups in total. The van der Waals surface area contributed by atoms with Crippen LogP contribution in [0.4, 0.5) is 0 Å². The van der Waals surface area contributed by atoms with Crippen molar-refractivity contribution in [3.05, 3.63) is 0 Å². The van der Waals surface area contributed by atoms with Gasteiger partial charge in [0.15, 0.2) is 0 Å². The van der Waals surface area contributed by atoms with Crippen molar-refractivity contribution < 1.29 is 14.3 Å². The SMILES string of the molecule is CC[C@@]1(OC(C)=O)CC[C@@]2(C)[C@@H](CC[C@@H]3[C@H]2CC[C@]2(C)C(=O)CC[C@@H]32)C1. The average molecular weight is 361 g/mol. The number of fused-ring (bicyclic) bond motifs is 5. The molecule has 0 aromatic heterocycles. The lowest BCUT2D eigenvalue weighted by molar-refractivity contribution is -0.182. The van der Waals surface area contributed by atoms with Crippen LogP contribution in [0.3, 0.4) is 0 Å². The number of carbonyl (C=O) groups excluding carboxylic acids is 2. The Hall–Kier alpha value is -0.860. The fraction of sp³-hybridized carbons (Fsp3) is 0.913. The molecular formula is C23H36O3. The van der Waals surface area contributed by atoms with E-state index in [2.05, 4.69) is 20.8 Å². The average Bonchev–Trinajstić information content (AvgIpc) is 2.90. The van der Waals surface area contributed by atoms with E-state index in [4.69, 9.17) is 4.74 Å². The Morgan fingerprint density at radius 3 is 2.54 bits per heavy atom. The summed E-state index contributed by atoms with van der Waals surface area (Å²) in [6, 6.07) is 0. The van der Waals surface area contributed by atoms with Crippen LogP contribution in [0.2, 0.25) is 0 Å². The lowest BCUT2D eigenvalue weighted by Crippen LogP contribution is -2.56. The van der Waals surface area contributed by atoms with Gasteiger partial charge < -0.3 is 4.74 Å². The molecule has 0 aromatic rings. The molecule has 7 atom stereocenters.